The molecule has 0 radical (unpaired) electrons. The maximum Gasteiger partial charge on any atom is 0.229 e. The molecular formula is C94H97N35O. The Bertz CT molecular complexity index is 6550. The van der Waals surface area contributed by atoms with Gasteiger partial charge in [0.05, 0.1) is 54.8 Å². The number of anilines is 20. The third kappa shape index (κ3) is 24.5. The summed E-state index contributed by atoms with van der Waals surface area (Å²) in [7, 11) is 0. The van der Waals surface area contributed by atoms with Gasteiger partial charge in [-0.2, -0.15) is 66.2 Å². The highest BCUT2D eigenvalue weighted by Gasteiger charge is 2.29. The van der Waals surface area contributed by atoms with E-state index in [1.165, 1.54) is 112 Å². The SMILES string of the molecule is Cc1cc(Nc2cc(C3CC3)[nH]n2)nc(Nc2ccc(CC#N)cc2)n1.Cc1cc(Nc2cc(C3CCC3)[nH]n2)nc(Nc2ccc(CC#N)cc2)n1.N#CCc1ccc(Nc2nccc(Nc3cc(C4CC4)[nH]n3)n2)cc1.OCCc1ccc(Nc2nccc(Nc3cc(C4CCCC4)[nH]n3)n2)cc1.c1cc(Nc2cc(C3CC3)[nH]n2)nc(Nc2ccc3nc[nH]c3c2)n1. The number of nitrogens with one attached hydrogen (secondary N) is 16. The van der Waals surface area contributed by atoms with Crippen molar-refractivity contribution in [3.63, 3.8) is 0 Å². The summed E-state index contributed by atoms with van der Waals surface area (Å²) in [6.45, 7) is 4.01. The molecule has 36 nitrogen and oxygen atoms in total. The van der Waals surface area contributed by atoms with Crippen LogP contribution in [0.4, 0.5) is 116 Å². The van der Waals surface area contributed by atoms with E-state index in [1.807, 2.05) is 172 Å². The van der Waals surface area contributed by atoms with Crippen molar-refractivity contribution in [3.05, 3.63) is 263 Å². The molecule has 11 aromatic heterocycles. The van der Waals surface area contributed by atoms with Gasteiger partial charge in [-0.25, -0.2) is 29.9 Å². The van der Waals surface area contributed by atoms with Crippen LogP contribution in [0.15, 0.2) is 201 Å². The van der Waals surface area contributed by atoms with Crippen molar-refractivity contribution >= 4 is 127 Å². The maximum atomic E-state index is 8.99. The molecule has 0 spiro atoms. The Morgan fingerprint density at radius 1 is 0.308 bits per heavy atom. The average molecular weight is 1730 g/mol. The molecule has 5 fully saturated rings. The minimum absolute atomic E-state index is 0.152. The Hall–Kier alpha value is -16.6. The van der Waals surface area contributed by atoms with E-state index in [1.54, 1.807) is 31.0 Å². The maximum absolute atomic E-state index is 8.99. The normalized spacial score (nSPS) is 13.7. The fourth-order valence-corrected chi connectivity index (χ4v) is 14.6. The zero-order valence-electron chi connectivity index (χ0n) is 71.6. The lowest BCUT2D eigenvalue weighted by atomic mass is 9.83. The van der Waals surface area contributed by atoms with Crippen LogP contribution in [-0.4, -0.2) is 123 Å². The highest BCUT2D eigenvalue weighted by molar-refractivity contribution is 5.80. The number of fused-ring (bicyclic) bond motifs is 1. The summed E-state index contributed by atoms with van der Waals surface area (Å²) in [5, 5.41) is 104. The van der Waals surface area contributed by atoms with Gasteiger partial charge in [-0.1, -0.05) is 67.8 Å². The topological polar surface area (TPSA) is 513 Å². The first-order chi connectivity index (χ1) is 63.8. The molecule has 17 N–H and O–H groups in total. The number of imidazole rings is 1. The number of aryl methyl sites for hydroxylation is 2. The van der Waals surface area contributed by atoms with E-state index < -0.39 is 0 Å². The number of benzene rings is 5. The number of hydrogen-bond acceptors (Lipinski definition) is 30. The van der Waals surface area contributed by atoms with Gasteiger partial charge in [0.15, 0.2) is 29.1 Å². The van der Waals surface area contributed by atoms with E-state index in [0.29, 0.717) is 114 Å². The van der Waals surface area contributed by atoms with Gasteiger partial charge in [-0.3, -0.25) is 25.5 Å². The highest BCUT2D eigenvalue weighted by Crippen LogP contribution is 2.43. The molecule has 0 unspecified atom stereocenters. The summed E-state index contributed by atoms with van der Waals surface area (Å²) < 4.78 is 0. The molecule has 0 saturated heterocycles. The van der Waals surface area contributed by atoms with Crippen LogP contribution in [0.2, 0.25) is 0 Å². The zero-order chi connectivity index (χ0) is 88.8. The number of hydrogen-bond donors (Lipinski definition) is 17. The Morgan fingerprint density at radius 2 is 0.615 bits per heavy atom. The van der Waals surface area contributed by atoms with Gasteiger partial charge in [0, 0.05) is 166 Å². The summed E-state index contributed by atoms with van der Waals surface area (Å²) >= 11 is 0. The van der Waals surface area contributed by atoms with Crippen LogP contribution < -0.4 is 53.2 Å². The summed E-state index contributed by atoms with van der Waals surface area (Å²) in [6, 6.07) is 62.6. The minimum Gasteiger partial charge on any atom is -0.396 e. The first-order valence-corrected chi connectivity index (χ1v) is 43.5. The molecule has 5 aromatic carbocycles. The number of rotatable bonds is 30. The third-order valence-corrected chi connectivity index (χ3v) is 22.1. The second-order valence-electron chi connectivity index (χ2n) is 32.4. The second-order valence-corrected chi connectivity index (χ2v) is 32.4. The van der Waals surface area contributed by atoms with Crippen LogP contribution in [0.1, 0.15) is 175 Å². The molecule has 11 heterocycles. The average Bonchev–Trinajstić information content (AvgIpc) is 1.71. The molecule has 0 aliphatic heterocycles. The molecule has 654 valence electrons. The molecule has 21 rings (SSSR count). The summed E-state index contributed by atoms with van der Waals surface area (Å²) in [4.78, 5) is 51.4. The van der Waals surface area contributed by atoms with Crippen LogP contribution in [0.3, 0.4) is 0 Å². The Morgan fingerprint density at radius 3 is 0.946 bits per heavy atom. The van der Waals surface area contributed by atoms with Gasteiger partial charge in [-0.05, 0) is 192 Å². The van der Waals surface area contributed by atoms with Crippen molar-refractivity contribution in [1.29, 1.82) is 15.8 Å². The van der Waals surface area contributed by atoms with Crippen LogP contribution in [0.5, 0.6) is 0 Å². The lowest BCUT2D eigenvalue weighted by molar-refractivity contribution is 0.299. The summed E-state index contributed by atoms with van der Waals surface area (Å²) in [5.74, 6) is 12.9. The first-order valence-electron chi connectivity index (χ1n) is 43.5. The van der Waals surface area contributed by atoms with Gasteiger partial charge < -0.3 is 63.3 Å². The quantitative estimate of drug-likeness (QED) is 0.0199. The van der Waals surface area contributed by atoms with Gasteiger partial charge in [-0.15, -0.1) is 0 Å². The predicted molar refractivity (Wildman–Crippen MR) is 500 cm³/mol. The molecule has 5 aliphatic carbocycles. The van der Waals surface area contributed by atoms with Crippen molar-refractivity contribution in [3.8, 4) is 18.2 Å². The van der Waals surface area contributed by atoms with E-state index >= 15 is 0 Å². The second kappa shape index (κ2) is 41.5. The molecule has 130 heavy (non-hydrogen) atoms. The standard InChI is InChI=1S/C20H21N7.C20H24N6O.C19H19N7.C18H17N7.C17H16N8/c1-13-11-18(24-19-12-17(26-27-19)15-3-2-4-15)25-20(22-13)23-16-7-5-14(6-8-16)9-10-21;27-12-10-14-5-7-16(8-6-14)22-20-21-11-9-18(24-20)23-19-13-17(25-26-19)15-3-1-2-4-15;1-12-10-17(23-18-11-16(25-26-18)14-4-5-14)24-19(21-12)22-15-6-2-13(3-7-15)8-9-20;19-9-7-12-1-5-14(6-2-12)21-18-20-10-8-16(23-18)22-17-11-15(24-25-17)13-3-4-13;1-2-10(1)13-8-16(25-24-13)22-15-5-6-18-17(23-15)21-11-3-4-12-14(7-11)20-9-19-12/h5-8,11-12,15H,2-4,9H2,1H3,(H3,22,23,24,25,26,27);5-9,11,13,15,27H,1-4,10,12H2,(H3,21,22,23,24,25,26);2-3,6-7,10-11,14H,4-5,8H2,1H3,(H3,21,22,23,24,25,26);1-2,5-6,8,10-11,13H,3-4,7H2,(H3,20,21,22,23,24,25);3-10H,1-2H2,(H,19,20)(H3,18,21,22,23,24,25). The highest BCUT2D eigenvalue weighted by atomic mass is 16.3. The molecular weight excluding hydrogens is 1640 g/mol. The number of aliphatic hydroxyl groups is 1. The molecule has 0 amide bonds. The number of nitrogens with zero attached hydrogens (tertiary/aromatic N) is 19. The monoisotopic (exact) mass is 1730 g/mol. The molecule has 0 bridgehead atoms. The van der Waals surface area contributed by atoms with E-state index in [9.17, 15) is 0 Å². The fraction of sp³-hybridized carbons (Fsp3) is 0.266. The van der Waals surface area contributed by atoms with Gasteiger partial charge in [0.25, 0.3) is 0 Å². The molecule has 5 aliphatic rings. The van der Waals surface area contributed by atoms with E-state index in [4.69, 9.17) is 20.9 Å². The molecule has 36 heteroatoms. The Balaban J connectivity index is 0.000000114. The molecule has 5 saturated carbocycles. The van der Waals surface area contributed by atoms with Crippen LogP contribution in [0, 0.1) is 47.8 Å². The van der Waals surface area contributed by atoms with E-state index in [2.05, 4.69) is 194 Å². The Kier molecular flexibility index (Phi) is 27.3. The smallest absolute Gasteiger partial charge is 0.229 e. The molecule has 16 aromatic rings. The first kappa shape index (κ1) is 85.6. The lowest BCUT2D eigenvalue weighted by Crippen LogP contribution is -2.08. The number of aliphatic hydroxyl groups excluding tert-OH is 1. The predicted octanol–water partition coefficient (Wildman–Crippen LogP) is 19.2. The van der Waals surface area contributed by atoms with Gasteiger partial charge >= 0.3 is 0 Å². The van der Waals surface area contributed by atoms with Crippen molar-refractivity contribution in [2.24, 2.45) is 0 Å². The largest absolute Gasteiger partial charge is 0.396 e. The minimum atomic E-state index is 0.152. The summed E-state index contributed by atoms with van der Waals surface area (Å²) in [6.07, 6.45) is 24.9. The van der Waals surface area contributed by atoms with Gasteiger partial charge in [0.1, 0.15) is 29.1 Å². The number of aromatic amines is 6. The molecule has 0 atom stereocenters. The summed E-state index contributed by atoms with van der Waals surface area (Å²) in [5.41, 5.74) is 18.0. The van der Waals surface area contributed by atoms with Crippen molar-refractivity contribution < 1.29 is 5.11 Å². The zero-order valence-corrected chi connectivity index (χ0v) is 71.6. The van der Waals surface area contributed by atoms with Crippen molar-refractivity contribution in [1.82, 2.24) is 111 Å². The number of aromatic nitrogens is 22. The van der Waals surface area contributed by atoms with Crippen LogP contribution in [-0.2, 0) is 25.7 Å². The van der Waals surface area contributed by atoms with E-state index in [-0.39, 0.29) is 6.61 Å². The number of nitriles is 3. The van der Waals surface area contributed by atoms with Crippen LogP contribution >= 0.6 is 0 Å². The Labute approximate surface area is 748 Å². The van der Waals surface area contributed by atoms with E-state index in [0.717, 1.165) is 102 Å². The van der Waals surface area contributed by atoms with Crippen molar-refractivity contribution in [2.45, 2.75) is 153 Å². The van der Waals surface area contributed by atoms with Crippen LogP contribution in [0.25, 0.3) is 11.0 Å². The fourth-order valence-electron chi connectivity index (χ4n) is 14.6. The van der Waals surface area contributed by atoms with Crippen molar-refractivity contribution in [2.75, 3.05) is 59.8 Å². The number of H-pyrrole nitrogens is 6. The van der Waals surface area contributed by atoms with Gasteiger partial charge in [0.2, 0.25) is 29.7 Å². The third-order valence-electron chi connectivity index (χ3n) is 22.1. The lowest BCUT2D eigenvalue weighted by Gasteiger charge is -2.23.